The second-order valence-corrected chi connectivity index (χ2v) is 4.85. The predicted molar refractivity (Wildman–Crippen MR) is 68.1 cm³/mol. The van der Waals surface area contributed by atoms with E-state index in [-0.39, 0.29) is 0 Å². The van der Waals surface area contributed by atoms with Crippen LogP contribution < -0.4 is 0 Å². The Morgan fingerprint density at radius 2 is 1.93 bits per heavy atom. The van der Waals surface area contributed by atoms with E-state index in [9.17, 15) is 0 Å². The van der Waals surface area contributed by atoms with Gasteiger partial charge >= 0.3 is 0 Å². The van der Waals surface area contributed by atoms with Crippen molar-refractivity contribution in [3.63, 3.8) is 0 Å². The van der Waals surface area contributed by atoms with Gasteiger partial charge in [-0.25, -0.2) is 0 Å². The third kappa shape index (κ3) is 4.35. The third-order valence-electron chi connectivity index (χ3n) is 2.73. The quantitative estimate of drug-likeness (QED) is 0.772. The first-order valence-electron chi connectivity index (χ1n) is 5.61. The zero-order valence-electron chi connectivity index (χ0n) is 9.25. The average molecular weight is 271 g/mol. The fourth-order valence-corrected chi connectivity index (χ4v) is 2.44. The van der Waals surface area contributed by atoms with Crippen LogP contribution in [0, 0.1) is 0 Å². The zero-order chi connectivity index (χ0) is 11.1. The molecule has 0 amide bonds. The summed E-state index contributed by atoms with van der Waals surface area (Å²) in [6.07, 6.45) is 4.46. The lowest BCUT2D eigenvalue weighted by molar-refractivity contribution is 0.282. The van der Waals surface area contributed by atoms with Crippen molar-refractivity contribution < 1.29 is 5.11 Å². The van der Waals surface area contributed by atoms with E-state index in [0.29, 0.717) is 12.5 Å². The van der Waals surface area contributed by atoms with Crippen LogP contribution in [0.1, 0.15) is 44.1 Å². The largest absolute Gasteiger partial charge is 0.396 e. The van der Waals surface area contributed by atoms with E-state index in [2.05, 4.69) is 41.1 Å². The molecule has 1 aromatic rings. The fourth-order valence-electron chi connectivity index (χ4n) is 1.77. The van der Waals surface area contributed by atoms with Gasteiger partial charge in [0.1, 0.15) is 0 Å². The number of halogens is 1. The maximum absolute atomic E-state index is 8.69. The molecule has 0 radical (unpaired) electrons. The molecule has 15 heavy (non-hydrogen) atoms. The Morgan fingerprint density at radius 1 is 1.20 bits per heavy atom. The summed E-state index contributed by atoms with van der Waals surface area (Å²) in [4.78, 5) is 0. The van der Waals surface area contributed by atoms with E-state index in [1.807, 2.05) is 6.07 Å². The molecule has 0 bridgehead atoms. The molecule has 1 nitrogen and oxygen atoms in total. The van der Waals surface area contributed by atoms with Crippen molar-refractivity contribution in [2.75, 3.05) is 6.61 Å². The minimum absolute atomic E-state index is 0.323. The van der Waals surface area contributed by atoms with Crippen molar-refractivity contribution >= 4 is 15.9 Å². The SMILES string of the molecule is CC(CCCCCO)c1ccccc1Br. The van der Waals surface area contributed by atoms with Crippen molar-refractivity contribution in [3.8, 4) is 0 Å². The summed E-state index contributed by atoms with van der Waals surface area (Å²) in [5.41, 5.74) is 1.39. The lowest BCUT2D eigenvalue weighted by Gasteiger charge is -2.13. The normalized spacial score (nSPS) is 12.7. The van der Waals surface area contributed by atoms with Crippen LogP contribution in [-0.2, 0) is 0 Å². The molecule has 0 heterocycles. The highest BCUT2D eigenvalue weighted by Gasteiger charge is 2.07. The highest BCUT2D eigenvalue weighted by Crippen LogP contribution is 2.28. The second-order valence-electron chi connectivity index (χ2n) is 4.00. The summed E-state index contributed by atoms with van der Waals surface area (Å²) in [5.74, 6) is 0.597. The molecular formula is C13H19BrO. The van der Waals surface area contributed by atoms with Crippen LogP contribution in [0.15, 0.2) is 28.7 Å². The molecule has 1 aromatic carbocycles. The minimum atomic E-state index is 0.323. The summed E-state index contributed by atoms with van der Waals surface area (Å²) in [7, 11) is 0. The van der Waals surface area contributed by atoms with E-state index in [0.717, 1.165) is 12.8 Å². The second kappa shape index (κ2) is 7.02. The Kier molecular flexibility index (Phi) is 5.96. The first-order chi connectivity index (χ1) is 7.25. The van der Waals surface area contributed by atoms with Crippen LogP contribution in [0.4, 0.5) is 0 Å². The summed E-state index contributed by atoms with van der Waals surface area (Å²) in [6, 6.07) is 8.41. The number of hydrogen-bond acceptors (Lipinski definition) is 1. The molecular weight excluding hydrogens is 252 g/mol. The molecule has 2 heteroatoms. The van der Waals surface area contributed by atoms with Gasteiger partial charge in [0.05, 0.1) is 0 Å². The van der Waals surface area contributed by atoms with E-state index in [4.69, 9.17) is 5.11 Å². The van der Waals surface area contributed by atoms with Crippen LogP contribution in [0.25, 0.3) is 0 Å². The Hall–Kier alpha value is -0.340. The fraction of sp³-hybridized carbons (Fsp3) is 0.538. The first-order valence-corrected chi connectivity index (χ1v) is 6.40. The molecule has 1 N–H and O–H groups in total. The van der Waals surface area contributed by atoms with E-state index < -0.39 is 0 Å². The summed E-state index contributed by atoms with van der Waals surface area (Å²) in [5, 5.41) is 8.69. The first kappa shape index (κ1) is 12.7. The molecule has 1 rings (SSSR count). The van der Waals surface area contributed by atoms with Gasteiger partial charge in [-0.3, -0.25) is 0 Å². The average Bonchev–Trinajstić information content (AvgIpc) is 2.25. The number of rotatable bonds is 6. The smallest absolute Gasteiger partial charge is 0.0431 e. The van der Waals surface area contributed by atoms with Gasteiger partial charge in [0, 0.05) is 11.1 Å². The third-order valence-corrected chi connectivity index (χ3v) is 3.45. The molecule has 0 saturated heterocycles. The molecule has 1 unspecified atom stereocenters. The lowest BCUT2D eigenvalue weighted by Crippen LogP contribution is -1.95. The highest BCUT2D eigenvalue weighted by molar-refractivity contribution is 9.10. The van der Waals surface area contributed by atoms with Crippen molar-refractivity contribution in [2.45, 2.75) is 38.5 Å². The molecule has 0 aliphatic heterocycles. The number of aliphatic hydroxyl groups excluding tert-OH is 1. The van der Waals surface area contributed by atoms with Gasteiger partial charge in [-0.1, -0.05) is 53.9 Å². The lowest BCUT2D eigenvalue weighted by atomic mass is 9.95. The van der Waals surface area contributed by atoms with Crippen LogP contribution in [0.3, 0.4) is 0 Å². The molecule has 84 valence electrons. The van der Waals surface area contributed by atoms with Crippen LogP contribution in [-0.4, -0.2) is 11.7 Å². The monoisotopic (exact) mass is 270 g/mol. The van der Waals surface area contributed by atoms with Crippen LogP contribution in [0.2, 0.25) is 0 Å². The van der Waals surface area contributed by atoms with Gasteiger partial charge in [-0.15, -0.1) is 0 Å². The van der Waals surface area contributed by atoms with Gasteiger partial charge in [-0.05, 0) is 30.4 Å². The maximum Gasteiger partial charge on any atom is 0.0431 e. The van der Waals surface area contributed by atoms with Gasteiger partial charge in [0.25, 0.3) is 0 Å². The highest BCUT2D eigenvalue weighted by atomic mass is 79.9. The van der Waals surface area contributed by atoms with Gasteiger partial charge in [0.15, 0.2) is 0 Å². The van der Waals surface area contributed by atoms with Gasteiger partial charge < -0.3 is 5.11 Å². The number of unbranched alkanes of at least 4 members (excludes halogenated alkanes) is 2. The van der Waals surface area contributed by atoms with E-state index in [1.54, 1.807) is 0 Å². The van der Waals surface area contributed by atoms with Crippen LogP contribution in [0.5, 0.6) is 0 Å². The Balaban J connectivity index is 2.40. The Morgan fingerprint density at radius 3 is 2.60 bits per heavy atom. The van der Waals surface area contributed by atoms with Crippen molar-refractivity contribution in [3.05, 3.63) is 34.3 Å². The Bertz CT molecular complexity index is 286. The van der Waals surface area contributed by atoms with Gasteiger partial charge in [0.2, 0.25) is 0 Å². The zero-order valence-corrected chi connectivity index (χ0v) is 10.8. The van der Waals surface area contributed by atoms with Crippen molar-refractivity contribution in [1.82, 2.24) is 0 Å². The minimum Gasteiger partial charge on any atom is -0.396 e. The molecule has 0 fully saturated rings. The summed E-state index contributed by atoms with van der Waals surface area (Å²) in [6.45, 7) is 2.59. The number of aliphatic hydroxyl groups is 1. The van der Waals surface area contributed by atoms with E-state index >= 15 is 0 Å². The van der Waals surface area contributed by atoms with Crippen LogP contribution >= 0.6 is 15.9 Å². The number of benzene rings is 1. The molecule has 0 aliphatic carbocycles. The topological polar surface area (TPSA) is 20.2 Å². The summed E-state index contributed by atoms with van der Waals surface area (Å²) < 4.78 is 1.21. The molecule has 1 atom stereocenters. The van der Waals surface area contributed by atoms with Crippen molar-refractivity contribution in [2.24, 2.45) is 0 Å². The van der Waals surface area contributed by atoms with Gasteiger partial charge in [-0.2, -0.15) is 0 Å². The maximum atomic E-state index is 8.69. The Labute approximate surface area is 101 Å². The number of hydrogen-bond donors (Lipinski definition) is 1. The molecule has 0 aliphatic rings. The standard InChI is InChI=1S/C13H19BrO/c1-11(7-3-2-6-10-15)12-8-4-5-9-13(12)14/h4-5,8-9,11,15H,2-3,6-7,10H2,1H3. The summed E-state index contributed by atoms with van der Waals surface area (Å²) >= 11 is 3.58. The molecule has 0 aromatic heterocycles. The van der Waals surface area contributed by atoms with E-state index in [1.165, 1.54) is 22.9 Å². The van der Waals surface area contributed by atoms with Crippen molar-refractivity contribution in [1.29, 1.82) is 0 Å². The predicted octanol–water partition coefficient (Wildman–Crippen LogP) is 4.11. The molecule has 0 spiro atoms. The molecule has 0 saturated carbocycles.